The van der Waals surface area contributed by atoms with Crippen LogP contribution in [-0.2, 0) is 15.9 Å². The Kier molecular flexibility index (Phi) is 8.49. The van der Waals surface area contributed by atoms with Crippen molar-refractivity contribution in [2.45, 2.75) is 56.9 Å². The number of aromatic amines is 1. The smallest absolute Gasteiger partial charge is 0.164 e. The van der Waals surface area contributed by atoms with E-state index in [0.29, 0.717) is 18.3 Å². The predicted octanol–water partition coefficient (Wildman–Crippen LogP) is 4.42. The van der Waals surface area contributed by atoms with Gasteiger partial charge >= 0.3 is 0 Å². The Bertz CT molecular complexity index is 1830. The Hall–Kier alpha value is -4.10. The van der Waals surface area contributed by atoms with E-state index < -0.39 is 0 Å². The molecule has 12 nitrogen and oxygen atoms in total. The number of ether oxygens (including phenoxy) is 3. The van der Waals surface area contributed by atoms with Gasteiger partial charge in [-0.25, -0.2) is 19.6 Å². The standard InChI is InChI=1S/C35H43N9O3/c1-45-29-5-3-2-4-23(29)21-30-39-27-11-6-24(20-28(27)40-30)33-32-34(36)37-22-38-35(32)44(41-33)26-9-7-25(8-10-26)43-16-14-42(15-17-43)13-12-31-46-18-19-47-31/h2-6,11,20,22,25-26,31H,7-10,12-19,21H2,1H3,(H,39,40)(H2,36,37,38)/t25-,26-. The minimum Gasteiger partial charge on any atom is -0.496 e. The number of anilines is 1. The lowest BCUT2D eigenvalue weighted by atomic mass is 9.90. The van der Waals surface area contributed by atoms with Crippen LogP contribution in [0.1, 0.15) is 49.5 Å². The SMILES string of the molecule is COc1ccccc1Cc1nc2cc(-c3nn([C@H]4CC[C@H](N5CCN(CCC6OCCO6)CC5)CC4)c4ncnc(N)c34)ccc2[nH]1. The first-order valence-electron chi connectivity index (χ1n) is 16.9. The first-order valence-corrected chi connectivity index (χ1v) is 16.9. The Labute approximate surface area is 274 Å². The van der Waals surface area contributed by atoms with Gasteiger partial charge in [-0.3, -0.25) is 4.90 Å². The number of rotatable bonds is 9. The number of nitrogens with two attached hydrogens (primary N) is 1. The van der Waals surface area contributed by atoms with E-state index in [-0.39, 0.29) is 12.3 Å². The van der Waals surface area contributed by atoms with Gasteiger partial charge in [-0.15, -0.1) is 0 Å². The second-order valence-corrected chi connectivity index (χ2v) is 13.0. The van der Waals surface area contributed by atoms with Crippen LogP contribution < -0.4 is 10.5 Å². The molecule has 5 aromatic rings. The molecule has 0 radical (unpaired) electrons. The van der Waals surface area contributed by atoms with Crippen LogP contribution in [0.15, 0.2) is 48.8 Å². The highest BCUT2D eigenvalue weighted by molar-refractivity contribution is 5.99. The van der Waals surface area contributed by atoms with Gasteiger partial charge < -0.3 is 29.8 Å². The Morgan fingerprint density at radius 3 is 2.55 bits per heavy atom. The molecule has 2 aromatic carbocycles. The fourth-order valence-corrected chi connectivity index (χ4v) is 7.65. The summed E-state index contributed by atoms with van der Waals surface area (Å²) in [5.74, 6) is 2.19. The van der Waals surface area contributed by atoms with Crippen molar-refractivity contribution in [2.75, 3.05) is 58.8 Å². The molecule has 3 aliphatic rings. The number of nitrogens with one attached hydrogen (secondary N) is 1. The van der Waals surface area contributed by atoms with Crippen molar-refractivity contribution in [1.29, 1.82) is 0 Å². The first-order chi connectivity index (χ1) is 23.1. The third kappa shape index (κ3) is 6.18. The number of fused-ring (bicyclic) bond motifs is 2. The highest BCUT2D eigenvalue weighted by atomic mass is 16.7. The maximum atomic E-state index is 6.49. The third-order valence-electron chi connectivity index (χ3n) is 10.2. The maximum absolute atomic E-state index is 6.49. The van der Waals surface area contributed by atoms with E-state index in [1.807, 2.05) is 18.2 Å². The normalized spacial score (nSPS) is 21.6. The molecule has 2 saturated heterocycles. The number of imidazole rings is 1. The summed E-state index contributed by atoms with van der Waals surface area (Å²) < 4.78 is 18.9. The van der Waals surface area contributed by atoms with Gasteiger partial charge in [0.05, 0.1) is 42.8 Å². The monoisotopic (exact) mass is 637 g/mol. The molecule has 0 amide bonds. The molecule has 0 bridgehead atoms. The summed E-state index contributed by atoms with van der Waals surface area (Å²) in [5, 5.41) is 6.00. The zero-order chi connectivity index (χ0) is 31.7. The molecular formula is C35H43N9O3. The van der Waals surface area contributed by atoms with Crippen molar-refractivity contribution in [3.05, 3.63) is 60.2 Å². The van der Waals surface area contributed by atoms with E-state index >= 15 is 0 Å². The molecule has 8 rings (SSSR count). The molecule has 3 fully saturated rings. The van der Waals surface area contributed by atoms with Gasteiger partial charge in [0.2, 0.25) is 0 Å². The van der Waals surface area contributed by atoms with E-state index in [0.717, 1.165) is 129 Å². The maximum Gasteiger partial charge on any atom is 0.164 e. The van der Waals surface area contributed by atoms with Crippen LogP contribution in [0.2, 0.25) is 0 Å². The Balaban J connectivity index is 0.965. The first kappa shape index (κ1) is 30.2. The van der Waals surface area contributed by atoms with Gasteiger partial charge in [0.1, 0.15) is 29.4 Å². The average Bonchev–Trinajstić information content (AvgIpc) is 3.87. The highest BCUT2D eigenvalue weighted by Gasteiger charge is 2.31. The van der Waals surface area contributed by atoms with Crippen molar-refractivity contribution < 1.29 is 14.2 Å². The zero-order valence-electron chi connectivity index (χ0n) is 27.0. The quantitative estimate of drug-likeness (QED) is 0.239. The van der Waals surface area contributed by atoms with Gasteiger partial charge in [0, 0.05) is 62.7 Å². The van der Waals surface area contributed by atoms with E-state index in [1.54, 1.807) is 13.4 Å². The number of hydrogen-bond donors (Lipinski definition) is 2. The average molecular weight is 638 g/mol. The van der Waals surface area contributed by atoms with Gasteiger partial charge in [0.25, 0.3) is 0 Å². The van der Waals surface area contributed by atoms with Crippen LogP contribution in [-0.4, -0.2) is 105 Å². The molecule has 3 aromatic heterocycles. The minimum absolute atomic E-state index is 0.0149. The minimum atomic E-state index is -0.0149. The number of methoxy groups -OCH3 is 1. The lowest BCUT2D eigenvalue weighted by molar-refractivity contribution is -0.0540. The summed E-state index contributed by atoms with van der Waals surface area (Å²) in [5.41, 5.74) is 12.0. The summed E-state index contributed by atoms with van der Waals surface area (Å²) in [6, 6.07) is 15.2. The zero-order valence-corrected chi connectivity index (χ0v) is 27.0. The lowest BCUT2D eigenvalue weighted by Crippen LogP contribution is -2.51. The number of H-pyrrole nitrogens is 1. The number of nitrogen functional groups attached to an aromatic ring is 1. The molecule has 0 atom stereocenters. The topological polar surface area (TPSA) is 132 Å². The number of aromatic nitrogens is 6. The molecule has 3 N–H and O–H groups in total. The van der Waals surface area contributed by atoms with Crippen molar-refractivity contribution in [1.82, 2.24) is 39.5 Å². The van der Waals surface area contributed by atoms with Gasteiger partial charge in [-0.2, -0.15) is 5.10 Å². The van der Waals surface area contributed by atoms with E-state index in [4.69, 9.17) is 35.0 Å². The molecule has 1 aliphatic carbocycles. The number of para-hydroxylation sites is 1. The van der Waals surface area contributed by atoms with Crippen molar-refractivity contribution in [3.8, 4) is 17.0 Å². The van der Waals surface area contributed by atoms with Crippen molar-refractivity contribution >= 4 is 27.9 Å². The van der Waals surface area contributed by atoms with E-state index in [9.17, 15) is 0 Å². The second-order valence-electron chi connectivity index (χ2n) is 13.0. The summed E-state index contributed by atoms with van der Waals surface area (Å²) in [6.07, 6.45) is 7.57. The van der Waals surface area contributed by atoms with Crippen LogP contribution in [0.4, 0.5) is 5.82 Å². The fraction of sp³-hybridized carbons (Fsp3) is 0.486. The highest BCUT2D eigenvalue weighted by Crippen LogP contribution is 2.37. The van der Waals surface area contributed by atoms with Crippen LogP contribution >= 0.6 is 0 Å². The number of hydrogen-bond acceptors (Lipinski definition) is 10. The third-order valence-corrected chi connectivity index (χ3v) is 10.2. The summed E-state index contributed by atoms with van der Waals surface area (Å²) in [7, 11) is 1.70. The molecule has 1 saturated carbocycles. The summed E-state index contributed by atoms with van der Waals surface area (Å²) in [4.78, 5) is 22.7. The Morgan fingerprint density at radius 1 is 0.957 bits per heavy atom. The molecule has 5 heterocycles. The molecule has 47 heavy (non-hydrogen) atoms. The number of benzene rings is 2. The Morgan fingerprint density at radius 2 is 1.74 bits per heavy atom. The lowest BCUT2D eigenvalue weighted by Gasteiger charge is -2.42. The fourth-order valence-electron chi connectivity index (χ4n) is 7.65. The van der Waals surface area contributed by atoms with Crippen LogP contribution in [0.25, 0.3) is 33.3 Å². The van der Waals surface area contributed by atoms with Crippen molar-refractivity contribution in [2.24, 2.45) is 0 Å². The van der Waals surface area contributed by atoms with Crippen molar-refractivity contribution in [3.63, 3.8) is 0 Å². The molecule has 0 unspecified atom stereocenters. The van der Waals surface area contributed by atoms with Gasteiger partial charge in [-0.1, -0.05) is 24.3 Å². The van der Waals surface area contributed by atoms with Gasteiger partial charge in [0.15, 0.2) is 11.9 Å². The number of piperazine rings is 1. The van der Waals surface area contributed by atoms with E-state index in [1.165, 1.54) is 0 Å². The molecule has 246 valence electrons. The number of nitrogens with zero attached hydrogens (tertiary/aromatic N) is 7. The largest absolute Gasteiger partial charge is 0.496 e. The molecule has 2 aliphatic heterocycles. The van der Waals surface area contributed by atoms with Crippen LogP contribution in [0.5, 0.6) is 5.75 Å². The van der Waals surface area contributed by atoms with Crippen LogP contribution in [0, 0.1) is 0 Å². The summed E-state index contributed by atoms with van der Waals surface area (Å²) in [6.45, 7) is 6.96. The molecule has 12 heteroatoms. The molecular weight excluding hydrogens is 594 g/mol. The molecule has 0 spiro atoms. The predicted molar refractivity (Wildman–Crippen MR) is 180 cm³/mol. The van der Waals surface area contributed by atoms with Gasteiger partial charge in [-0.05, 0) is 43.9 Å². The second kappa shape index (κ2) is 13.2. The van der Waals surface area contributed by atoms with Crippen LogP contribution in [0.3, 0.4) is 0 Å². The summed E-state index contributed by atoms with van der Waals surface area (Å²) >= 11 is 0. The van der Waals surface area contributed by atoms with E-state index in [2.05, 4.69) is 48.7 Å².